The number of nitrogens with zero attached hydrogens (tertiary/aromatic N) is 3. The van der Waals surface area contributed by atoms with Crippen LogP contribution in [0, 0.1) is 6.92 Å². The van der Waals surface area contributed by atoms with E-state index in [9.17, 15) is 9.59 Å². The van der Waals surface area contributed by atoms with Crippen molar-refractivity contribution in [2.24, 2.45) is 5.10 Å². The largest absolute Gasteiger partial charge is 0.448 e. The van der Waals surface area contributed by atoms with Gasteiger partial charge in [-0.3, -0.25) is 14.9 Å². The predicted molar refractivity (Wildman–Crippen MR) is 133 cm³/mol. The van der Waals surface area contributed by atoms with Gasteiger partial charge in [-0.05, 0) is 55.5 Å². The maximum absolute atomic E-state index is 12.3. The molecule has 4 rings (SSSR count). The number of anilines is 1. The molecule has 8 nitrogen and oxygen atoms in total. The Hall–Kier alpha value is -3.47. The maximum Gasteiger partial charge on any atom is 0.257 e. The van der Waals surface area contributed by atoms with Gasteiger partial charge in [0.1, 0.15) is 10.8 Å². The summed E-state index contributed by atoms with van der Waals surface area (Å²) in [5.41, 5.74) is 4.01. The molecule has 0 aliphatic carbocycles. The van der Waals surface area contributed by atoms with Crippen LogP contribution in [-0.2, 0) is 11.2 Å². The topological polar surface area (TPSA) is 109 Å². The minimum atomic E-state index is -0.369. The highest BCUT2D eigenvalue weighted by molar-refractivity contribution is 7.99. The summed E-state index contributed by atoms with van der Waals surface area (Å²) in [4.78, 5) is 25.4. The van der Waals surface area contributed by atoms with E-state index in [1.54, 1.807) is 18.2 Å². The first-order valence-corrected chi connectivity index (χ1v) is 12.0. The molecule has 172 valence electrons. The number of benzene rings is 2. The van der Waals surface area contributed by atoms with Crippen LogP contribution in [0.3, 0.4) is 0 Å². The van der Waals surface area contributed by atoms with E-state index in [2.05, 4.69) is 26.0 Å². The molecular formula is C23H18ClN5O3S2. The fourth-order valence-electron chi connectivity index (χ4n) is 2.67. The number of carbonyl (C=O) groups excluding carboxylic acids is 2. The number of carbonyl (C=O) groups is 2. The molecule has 2 N–H and O–H groups in total. The molecule has 2 aromatic heterocycles. The average Bonchev–Trinajstić information content (AvgIpc) is 3.45. The lowest BCUT2D eigenvalue weighted by Crippen LogP contribution is -2.19. The molecule has 4 aromatic rings. The number of hydrogen-bond acceptors (Lipinski definition) is 8. The summed E-state index contributed by atoms with van der Waals surface area (Å²) in [7, 11) is 0. The van der Waals surface area contributed by atoms with Crippen molar-refractivity contribution in [3.05, 3.63) is 87.6 Å². The highest BCUT2D eigenvalue weighted by Crippen LogP contribution is 2.29. The maximum atomic E-state index is 12.3. The van der Waals surface area contributed by atoms with Gasteiger partial charge in [0.2, 0.25) is 11.0 Å². The molecule has 0 unspecified atom stereocenters. The number of aromatic nitrogens is 2. The lowest BCUT2D eigenvalue weighted by molar-refractivity contribution is -0.120. The second kappa shape index (κ2) is 11.1. The van der Waals surface area contributed by atoms with E-state index in [0.29, 0.717) is 31.6 Å². The molecule has 0 aliphatic heterocycles. The van der Waals surface area contributed by atoms with Gasteiger partial charge in [-0.1, -0.05) is 52.4 Å². The normalized spacial score (nSPS) is 11.0. The lowest BCUT2D eigenvalue weighted by Gasteiger charge is -2.01. The van der Waals surface area contributed by atoms with Gasteiger partial charge in [0, 0.05) is 15.5 Å². The van der Waals surface area contributed by atoms with Crippen LogP contribution in [0.15, 0.2) is 80.2 Å². The van der Waals surface area contributed by atoms with E-state index in [1.807, 2.05) is 49.4 Å². The molecule has 11 heteroatoms. The highest BCUT2D eigenvalue weighted by Gasteiger charge is 2.12. The number of halogens is 1. The fourth-order valence-corrected chi connectivity index (χ4v) is 4.31. The molecule has 0 saturated heterocycles. The van der Waals surface area contributed by atoms with Crippen molar-refractivity contribution in [1.82, 2.24) is 15.6 Å². The molecule has 0 bridgehead atoms. The van der Waals surface area contributed by atoms with Gasteiger partial charge in [0.15, 0.2) is 5.09 Å². The average molecular weight is 512 g/mol. The Labute approximate surface area is 208 Å². The predicted octanol–water partition coefficient (Wildman–Crippen LogP) is 5.19. The highest BCUT2D eigenvalue weighted by atomic mass is 35.5. The Morgan fingerprint density at radius 1 is 1.09 bits per heavy atom. The molecule has 0 aliphatic rings. The van der Waals surface area contributed by atoms with Crippen LogP contribution >= 0.6 is 34.7 Å². The Bertz CT molecular complexity index is 1320. The Kier molecular flexibility index (Phi) is 7.73. The van der Waals surface area contributed by atoms with E-state index < -0.39 is 0 Å². The van der Waals surface area contributed by atoms with Crippen molar-refractivity contribution in [2.75, 3.05) is 5.32 Å². The monoisotopic (exact) mass is 511 g/mol. The number of aryl methyl sites for hydroxylation is 1. The zero-order valence-electron chi connectivity index (χ0n) is 17.8. The van der Waals surface area contributed by atoms with Crippen molar-refractivity contribution in [3.63, 3.8) is 0 Å². The summed E-state index contributed by atoms with van der Waals surface area (Å²) in [6.07, 6.45) is 1.39. The van der Waals surface area contributed by atoms with Crippen molar-refractivity contribution in [2.45, 2.75) is 23.3 Å². The smallest absolute Gasteiger partial charge is 0.257 e. The van der Waals surface area contributed by atoms with Gasteiger partial charge in [-0.2, -0.15) is 5.10 Å². The third-order valence-corrected chi connectivity index (χ3v) is 6.35. The standard InChI is InChI=1S/C23H18ClN5O3S2/c1-14-2-4-15(5-3-14)22(31)26-23-29-28-20(34-23)12-19(30)27-25-13-17-8-11-21(32-17)33-18-9-6-16(24)7-10-18/h2-11,13H,12H2,1H3,(H,27,30)(H,26,29,31)/b25-13+. The molecular weight excluding hydrogens is 494 g/mol. The van der Waals surface area contributed by atoms with Crippen LogP contribution < -0.4 is 10.7 Å². The Balaban J connectivity index is 1.24. The van der Waals surface area contributed by atoms with E-state index >= 15 is 0 Å². The molecule has 0 spiro atoms. The molecule has 2 heterocycles. The summed E-state index contributed by atoms with van der Waals surface area (Å²) < 4.78 is 5.67. The van der Waals surface area contributed by atoms with Crippen molar-refractivity contribution < 1.29 is 14.0 Å². The Morgan fingerprint density at radius 2 is 1.85 bits per heavy atom. The number of rotatable bonds is 8. The summed E-state index contributed by atoms with van der Waals surface area (Å²) in [6, 6.07) is 18.2. The number of hydrazone groups is 1. The SMILES string of the molecule is Cc1ccc(C(=O)Nc2nnc(CC(=O)N/N=C/c3ccc(Sc4ccc(Cl)cc4)o3)s2)cc1. The van der Waals surface area contributed by atoms with Crippen LogP contribution in [-0.4, -0.2) is 28.2 Å². The molecule has 0 radical (unpaired) electrons. The van der Waals surface area contributed by atoms with Gasteiger partial charge >= 0.3 is 0 Å². The quantitative estimate of drug-likeness (QED) is 0.249. The second-order valence-corrected chi connectivity index (χ2v) is 9.58. The van der Waals surface area contributed by atoms with Crippen LogP contribution in [0.2, 0.25) is 5.02 Å². The zero-order valence-corrected chi connectivity index (χ0v) is 20.2. The van der Waals surface area contributed by atoms with Gasteiger partial charge in [-0.15, -0.1) is 10.2 Å². The third kappa shape index (κ3) is 6.77. The summed E-state index contributed by atoms with van der Waals surface area (Å²) >= 11 is 8.47. The first kappa shape index (κ1) is 23.7. The van der Waals surface area contributed by atoms with E-state index in [-0.39, 0.29) is 18.2 Å². The van der Waals surface area contributed by atoms with E-state index in [4.69, 9.17) is 16.0 Å². The second-order valence-electron chi connectivity index (χ2n) is 7.00. The molecule has 2 amide bonds. The minimum absolute atomic E-state index is 0.0226. The number of amides is 2. The van der Waals surface area contributed by atoms with E-state index in [1.165, 1.54) is 18.0 Å². The van der Waals surface area contributed by atoms with Gasteiger partial charge in [-0.25, -0.2) is 5.43 Å². The lowest BCUT2D eigenvalue weighted by atomic mass is 10.1. The van der Waals surface area contributed by atoms with Crippen LogP contribution in [0.25, 0.3) is 0 Å². The molecule has 2 aromatic carbocycles. The zero-order chi connectivity index (χ0) is 23.9. The minimum Gasteiger partial charge on any atom is -0.448 e. The van der Waals surface area contributed by atoms with Crippen LogP contribution in [0.1, 0.15) is 26.7 Å². The molecule has 34 heavy (non-hydrogen) atoms. The van der Waals surface area contributed by atoms with Crippen LogP contribution in [0.5, 0.6) is 0 Å². The number of hydrogen-bond donors (Lipinski definition) is 2. The summed E-state index contributed by atoms with van der Waals surface area (Å²) in [5.74, 6) is -0.163. The Morgan fingerprint density at radius 3 is 2.62 bits per heavy atom. The fraction of sp³-hybridized carbons (Fsp3) is 0.0870. The molecule has 0 saturated carbocycles. The summed E-state index contributed by atoms with van der Waals surface area (Å²) in [6.45, 7) is 1.95. The number of furan rings is 1. The summed E-state index contributed by atoms with van der Waals surface area (Å²) in [5, 5.41) is 16.6. The van der Waals surface area contributed by atoms with E-state index in [0.717, 1.165) is 21.8 Å². The third-order valence-electron chi connectivity index (χ3n) is 4.33. The first-order valence-electron chi connectivity index (χ1n) is 10.0. The number of nitrogens with one attached hydrogen (secondary N) is 2. The van der Waals surface area contributed by atoms with Crippen LogP contribution in [0.4, 0.5) is 5.13 Å². The van der Waals surface area contributed by atoms with Gasteiger partial charge < -0.3 is 4.42 Å². The van der Waals surface area contributed by atoms with Crippen molar-refractivity contribution >= 4 is 57.9 Å². The van der Waals surface area contributed by atoms with Gasteiger partial charge in [0.25, 0.3) is 5.91 Å². The first-order chi connectivity index (χ1) is 16.4. The molecule has 0 fully saturated rings. The molecule has 0 atom stereocenters. The van der Waals surface area contributed by atoms with Gasteiger partial charge in [0.05, 0.1) is 12.6 Å². The van der Waals surface area contributed by atoms with Crippen molar-refractivity contribution in [3.8, 4) is 0 Å². The van der Waals surface area contributed by atoms with Crippen molar-refractivity contribution in [1.29, 1.82) is 0 Å².